The minimum absolute atomic E-state index is 0. The average molecular weight is 277 g/mol. The Kier molecular flexibility index (Phi) is 7.88. The molecule has 1 aliphatic rings. The Morgan fingerprint density at radius 1 is 1.39 bits per heavy atom. The first kappa shape index (κ1) is 17.7. The van der Waals surface area contributed by atoms with Crippen LogP contribution in [0.4, 0.5) is 0 Å². The highest BCUT2D eigenvalue weighted by Crippen LogP contribution is 2.28. The van der Waals surface area contributed by atoms with Crippen molar-refractivity contribution in [3.8, 4) is 0 Å². The van der Waals surface area contributed by atoms with Crippen LogP contribution in [0, 0.1) is 11.8 Å². The van der Waals surface area contributed by atoms with Crippen LogP contribution in [-0.4, -0.2) is 18.0 Å². The Morgan fingerprint density at radius 2 is 2.00 bits per heavy atom. The zero-order valence-corrected chi connectivity index (χ0v) is 12.8. The molecule has 0 aromatic carbocycles. The Hall–Kier alpha value is -0.280. The van der Waals surface area contributed by atoms with Gasteiger partial charge in [-0.25, -0.2) is 0 Å². The van der Waals surface area contributed by atoms with E-state index in [4.69, 9.17) is 5.73 Å². The Bertz CT molecular complexity index is 256. The lowest BCUT2D eigenvalue weighted by molar-refractivity contribution is -0.126. The van der Waals surface area contributed by atoms with Crippen LogP contribution in [0.15, 0.2) is 0 Å². The smallest absolute Gasteiger partial charge is 0.239 e. The fourth-order valence-electron chi connectivity index (χ4n) is 2.75. The van der Waals surface area contributed by atoms with Gasteiger partial charge in [0.25, 0.3) is 0 Å². The van der Waals surface area contributed by atoms with E-state index in [2.05, 4.69) is 19.2 Å². The Morgan fingerprint density at radius 3 is 2.56 bits per heavy atom. The van der Waals surface area contributed by atoms with Gasteiger partial charge in [-0.3, -0.25) is 4.79 Å². The van der Waals surface area contributed by atoms with Crippen molar-refractivity contribution in [3.63, 3.8) is 0 Å². The zero-order chi connectivity index (χ0) is 12.9. The van der Waals surface area contributed by atoms with Gasteiger partial charge in [0.1, 0.15) is 0 Å². The molecule has 3 nitrogen and oxygen atoms in total. The van der Waals surface area contributed by atoms with E-state index in [0.29, 0.717) is 5.92 Å². The second-order valence-corrected chi connectivity index (χ2v) is 5.90. The van der Waals surface area contributed by atoms with Gasteiger partial charge in [0, 0.05) is 6.54 Å². The molecule has 1 aliphatic carbocycles. The van der Waals surface area contributed by atoms with Gasteiger partial charge in [0.15, 0.2) is 0 Å². The monoisotopic (exact) mass is 276 g/mol. The van der Waals surface area contributed by atoms with Crippen LogP contribution < -0.4 is 11.1 Å². The normalized spacial score (nSPS) is 26.9. The molecule has 0 aromatic heterocycles. The molecule has 0 aromatic rings. The molecule has 3 atom stereocenters. The molecule has 1 saturated carbocycles. The highest BCUT2D eigenvalue weighted by atomic mass is 35.5. The molecule has 1 rings (SSSR count). The van der Waals surface area contributed by atoms with Crippen LogP contribution in [0.2, 0.25) is 0 Å². The molecule has 1 amide bonds. The van der Waals surface area contributed by atoms with Crippen LogP contribution in [0.1, 0.15) is 59.3 Å². The summed E-state index contributed by atoms with van der Waals surface area (Å²) in [4.78, 5) is 12.0. The van der Waals surface area contributed by atoms with Crippen LogP contribution in [0.25, 0.3) is 0 Å². The van der Waals surface area contributed by atoms with Crippen molar-refractivity contribution in [3.05, 3.63) is 0 Å². The molecular formula is C14H29ClN2O. The third kappa shape index (κ3) is 5.15. The molecule has 3 N–H and O–H groups in total. The molecule has 0 bridgehead atoms. The van der Waals surface area contributed by atoms with Gasteiger partial charge in [-0.05, 0) is 31.6 Å². The molecule has 108 valence electrons. The maximum absolute atomic E-state index is 12.0. The first-order valence-electron chi connectivity index (χ1n) is 7.04. The minimum atomic E-state index is -0.702. The third-order valence-corrected chi connectivity index (χ3v) is 4.10. The predicted octanol–water partition coefficient (Wildman–Crippen LogP) is 2.87. The number of halogens is 1. The lowest BCUT2D eigenvalue weighted by Crippen LogP contribution is -2.52. The first-order chi connectivity index (χ1) is 7.97. The summed E-state index contributed by atoms with van der Waals surface area (Å²) in [6.45, 7) is 6.98. The number of rotatable bonds is 5. The summed E-state index contributed by atoms with van der Waals surface area (Å²) in [6, 6.07) is 0. The molecule has 3 unspecified atom stereocenters. The maximum Gasteiger partial charge on any atom is 0.239 e. The number of nitrogens with two attached hydrogens (primary N) is 1. The average Bonchev–Trinajstić information content (AvgIpc) is 2.27. The first-order valence-corrected chi connectivity index (χ1v) is 7.04. The van der Waals surface area contributed by atoms with Crippen molar-refractivity contribution in [2.24, 2.45) is 17.6 Å². The second kappa shape index (κ2) is 8.00. The van der Waals surface area contributed by atoms with Crippen molar-refractivity contribution in [1.29, 1.82) is 0 Å². The van der Waals surface area contributed by atoms with E-state index >= 15 is 0 Å². The van der Waals surface area contributed by atoms with Crippen LogP contribution in [0.5, 0.6) is 0 Å². The molecule has 1 fully saturated rings. The van der Waals surface area contributed by atoms with Gasteiger partial charge in [0.2, 0.25) is 5.91 Å². The number of hydrogen-bond donors (Lipinski definition) is 2. The fraction of sp³-hybridized carbons (Fsp3) is 0.929. The predicted molar refractivity (Wildman–Crippen MR) is 78.9 cm³/mol. The molecule has 0 saturated heterocycles. The molecule has 0 heterocycles. The fourth-order valence-corrected chi connectivity index (χ4v) is 2.75. The van der Waals surface area contributed by atoms with Crippen LogP contribution >= 0.6 is 12.4 Å². The molecule has 0 radical (unpaired) electrons. The van der Waals surface area contributed by atoms with E-state index < -0.39 is 5.54 Å². The van der Waals surface area contributed by atoms with E-state index in [1.54, 1.807) is 0 Å². The highest BCUT2D eigenvalue weighted by Gasteiger charge is 2.28. The Balaban J connectivity index is 0.00000289. The van der Waals surface area contributed by atoms with Crippen molar-refractivity contribution in [1.82, 2.24) is 5.32 Å². The summed E-state index contributed by atoms with van der Waals surface area (Å²) >= 11 is 0. The summed E-state index contributed by atoms with van der Waals surface area (Å²) in [5, 5.41) is 3.04. The number of carbonyl (C=O) groups excluding carboxylic acids is 1. The topological polar surface area (TPSA) is 55.1 Å². The van der Waals surface area contributed by atoms with Crippen LogP contribution in [0.3, 0.4) is 0 Å². The van der Waals surface area contributed by atoms with Gasteiger partial charge in [-0.2, -0.15) is 0 Å². The second-order valence-electron chi connectivity index (χ2n) is 5.90. The summed E-state index contributed by atoms with van der Waals surface area (Å²) < 4.78 is 0. The lowest BCUT2D eigenvalue weighted by Gasteiger charge is -2.30. The summed E-state index contributed by atoms with van der Waals surface area (Å²) in [7, 11) is 0. The van der Waals surface area contributed by atoms with E-state index in [-0.39, 0.29) is 18.3 Å². The van der Waals surface area contributed by atoms with Gasteiger partial charge in [-0.1, -0.05) is 39.5 Å². The van der Waals surface area contributed by atoms with Crippen molar-refractivity contribution < 1.29 is 4.79 Å². The summed E-state index contributed by atoms with van der Waals surface area (Å²) in [5.41, 5.74) is 5.31. The number of hydrogen-bond acceptors (Lipinski definition) is 2. The van der Waals surface area contributed by atoms with Gasteiger partial charge in [-0.15, -0.1) is 12.4 Å². The molecular weight excluding hydrogens is 248 g/mol. The lowest BCUT2D eigenvalue weighted by atomic mass is 9.80. The summed E-state index contributed by atoms with van der Waals surface area (Å²) in [6.07, 6.45) is 6.89. The van der Waals surface area contributed by atoms with E-state index in [0.717, 1.165) is 25.3 Å². The van der Waals surface area contributed by atoms with E-state index in [9.17, 15) is 4.79 Å². The summed E-state index contributed by atoms with van der Waals surface area (Å²) in [5.74, 6) is 1.39. The maximum atomic E-state index is 12.0. The van der Waals surface area contributed by atoms with Crippen LogP contribution in [-0.2, 0) is 4.79 Å². The molecule has 0 spiro atoms. The largest absolute Gasteiger partial charge is 0.354 e. The highest BCUT2D eigenvalue weighted by molar-refractivity contribution is 5.85. The van der Waals surface area contributed by atoms with Crippen molar-refractivity contribution in [2.45, 2.75) is 64.8 Å². The standard InChI is InChI=1S/C14H28N2O.ClH/c1-4-9-14(3,15)13(17)16-10-12-8-6-5-7-11(12)2;/h11-12H,4-10,15H2,1-3H3,(H,16,17);1H. The van der Waals surface area contributed by atoms with Gasteiger partial charge in [0.05, 0.1) is 5.54 Å². The molecule has 0 aliphatic heterocycles. The molecule has 18 heavy (non-hydrogen) atoms. The quantitative estimate of drug-likeness (QED) is 0.811. The van der Waals surface area contributed by atoms with Gasteiger partial charge >= 0.3 is 0 Å². The molecule has 4 heteroatoms. The van der Waals surface area contributed by atoms with E-state index in [1.807, 2.05) is 6.92 Å². The van der Waals surface area contributed by atoms with Gasteiger partial charge < -0.3 is 11.1 Å². The third-order valence-electron chi connectivity index (χ3n) is 4.10. The number of nitrogens with one attached hydrogen (secondary N) is 1. The van der Waals surface area contributed by atoms with E-state index in [1.165, 1.54) is 25.7 Å². The Labute approximate surface area is 118 Å². The zero-order valence-electron chi connectivity index (χ0n) is 12.0. The number of carbonyl (C=O) groups is 1. The minimum Gasteiger partial charge on any atom is -0.354 e. The number of amides is 1. The van der Waals surface area contributed by atoms with Crippen molar-refractivity contribution in [2.75, 3.05) is 6.54 Å². The van der Waals surface area contributed by atoms with Crippen molar-refractivity contribution >= 4 is 18.3 Å². The SMILES string of the molecule is CCCC(C)(N)C(=O)NCC1CCCCC1C.Cl.